The second-order valence-corrected chi connectivity index (χ2v) is 7.70. The van der Waals surface area contributed by atoms with Crippen LogP contribution in [0.5, 0.6) is 0 Å². The first-order chi connectivity index (χ1) is 13.1. The van der Waals surface area contributed by atoms with Gasteiger partial charge in [-0.2, -0.15) is 5.10 Å². The summed E-state index contributed by atoms with van der Waals surface area (Å²) in [5.41, 5.74) is 3.53. The Hall–Kier alpha value is -2.19. The molecule has 1 saturated carbocycles. The Morgan fingerprint density at radius 2 is 2.11 bits per heavy atom. The van der Waals surface area contributed by atoms with Crippen LogP contribution in [0.4, 0.5) is 5.69 Å². The largest absolute Gasteiger partial charge is 0.396 e. The van der Waals surface area contributed by atoms with Gasteiger partial charge in [-0.05, 0) is 19.8 Å². The molecule has 4 rings (SSSR count). The molecular weight excluding hydrogens is 346 g/mol. The summed E-state index contributed by atoms with van der Waals surface area (Å²) in [5, 5.41) is 32.6. The molecule has 2 aliphatic rings. The lowest BCUT2D eigenvalue weighted by molar-refractivity contribution is -0.0697. The third kappa shape index (κ3) is 3.17. The number of oxime groups is 1. The summed E-state index contributed by atoms with van der Waals surface area (Å²) >= 11 is 0. The van der Waals surface area contributed by atoms with Gasteiger partial charge in [0.25, 0.3) is 0 Å². The van der Waals surface area contributed by atoms with Crippen molar-refractivity contribution in [2.45, 2.75) is 57.1 Å². The molecule has 1 unspecified atom stereocenters. The van der Waals surface area contributed by atoms with E-state index in [0.29, 0.717) is 18.9 Å². The molecule has 146 valence electrons. The predicted molar refractivity (Wildman–Crippen MR) is 103 cm³/mol. The summed E-state index contributed by atoms with van der Waals surface area (Å²) in [6, 6.07) is 0.428. The molecule has 0 aromatic carbocycles. The lowest BCUT2D eigenvalue weighted by Gasteiger charge is -2.23. The molecule has 0 bridgehead atoms. The molecule has 0 spiro atoms. The summed E-state index contributed by atoms with van der Waals surface area (Å²) < 4.78 is 1.80. The highest BCUT2D eigenvalue weighted by Gasteiger charge is 2.40. The number of nitrogens with zero attached hydrogens (tertiary/aromatic N) is 4. The minimum Gasteiger partial charge on any atom is -0.396 e. The summed E-state index contributed by atoms with van der Waals surface area (Å²) in [6.45, 7) is 1.74. The molecule has 3 heterocycles. The number of aromatic nitrogens is 3. The lowest BCUT2D eigenvalue weighted by atomic mass is 9.91. The minimum atomic E-state index is -0.854. The average molecular weight is 373 g/mol. The highest BCUT2D eigenvalue weighted by atomic mass is 16.7. The second kappa shape index (κ2) is 7.09. The third-order valence-electron chi connectivity index (χ3n) is 5.74. The highest BCUT2D eigenvalue weighted by Crippen LogP contribution is 2.36. The van der Waals surface area contributed by atoms with Gasteiger partial charge in [-0.15, -0.1) is 0 Å². The topological polar surface area (TPSA) is 105 Å². The predicted octanol–water partition coefficient (Wildman–Crippen LogP) is 1.87. The number of pyridine rings is 1. The first kappa shape index (κ1) is 18.2. The zero-order valence-electron chi connectivity index (χ0n) is 15.9. The van der Waals surface area contributed by atoms with E-state index >= 15 is 0 Å². The molecule has 1 atom stereocenters. The monoisotopic (exact) mass is 373 g/mol. The van der Waals surface area contributed by atoms with Crippen molar-refractivity contribution in [1.82, 2.24) is 14.8 Å². The maximum Gasteiger partial charge on any atom is 0.168 e. The second-order valence-electron chi connectivity index (χ2n) is 7.70. The van der Waals surface area contributed by atoms with Crippen LogP contribution in [0.15, 0.2) is 11.4 Å². The Bertz CT molecular complexity index is 872. The van der Waals surface area contributed by atoms with Crippen LogP contribution in [0.2, 0.25) is 0 Å². The van der Waals surface area contributed by atoms with Crippen molar-refractivity contribution in [2.75, 3.05) is 18.5 Å². The van der Waals surface area contributed by atoms with E-state index in [-0.39, 0.29) is 13.2 Å². The number of rotatable bonds is 6. The van der Waals surface area contributed by atoms with E-state index in [1.165, 1.54) is 12.8 Å². The molecule has 1 aliphatic heterocycles. The highest BCUT2D eigenvalue weighted by molar-refractivity contribution is 6.11. The quantitative estimate of drug-likeness (QED) is 0.714. The normalized spacial score (nSPS) is 23.0. The smallest absolute Gasteiger partial charge is 0.168 e. The Morgan fingerprint density at radius 3 is 2.81 bits per heavy atom. The molecule has 8 heteroatoms. The van der Waals surface area contributed by atoms with Gasteiger partial charge in [-0.25, -0.2) is 4.98 Å². The molecule has 3 N–H and O–H groups in total. The molecule has 0 saturated heterocycles. The van der Waals surface area contributed by atoms with Crippen LogP contribution < -0.4 is 5.32 Å². The molecule has 0 radical (unpaired) electrons. The molecule has 8 nitrogen and oxygen atoms in total. The van der Waals surface area contributed by atoms with Crippen molar-refractivity contribution in [2.24, 2.45) is 12.2 Å². The Balaban J connectivity index is 1.77. The molecule has 1 fully saturated rings. The molecule has 1 aliphatic carbocycles. The van der Waals surface area contributed by atoms with Crippen LogP contribution in [-0.4, -0.2) is 55.5 Å². The van der Waals surface area contributed by atoms with E-state index in [2.05, 4.69) is 20.6 Å². The standard InChI is InChI=1S/C19H27N5O3/c1-12-16-17(21-13-5-3-4-6-13)14(10-20-18(16)24(2)22-12)15-9-19(11-26,7-8-25)27-23-15/h10,13,25-26H,3-9,11H2,1-2H3,(H,20,21). The van der Waals surface area contributed by atoms with E-state index < -0.39 is 5.60 Å². The SMILES string of the molecule is Cc1nn(C)c2ncc(C3=NOC(CO)(CCO)C3)c(NC3CCCC3)c12. The molecular formula is C19H27N5O3. The zero-order valence-corrected chi connectivity index (χ0v) is 15.9. The zero-order chi connectivity index (χ0) is 19.0. The van der Waals surface area contributed by atoms with Crippen molar-refractivity contribution in [1.29, 1.82) is 0 Å². The van der Waals surface area contributed by atoms with Gasteiger partial charge in [-0.1, -0.05) is 18.0 Å². The fourth-order valence-corrected chi connectivity index (χ4v) is 4.22. The van der Waals surface area contributed by atoms with Crippen molar-refractivity contribution < 1.29 is 15.1 Å². The fourth-order valence-electron chi connectivity index (χ4n) is 4.22. The van der Waals surface area contributed by atoms with Gasteiger partial charge in [0.2, 0.25) is 0 Å². The van der Waals surface area contributed by atoms with Crippen LogP contribution in [0, 0.1) is 6.92 Å². The summed E-state index contributed by atoms with van der Waals surface area (Å²) in [7, 11) is 1.90. The van der Waals surface area contributed by atoms with Crippen LogP contribution in [0.1, 0.15) is 49.8 Å². The van der Waals surface area contributed by atoms with Crippen molar-refractivity contribution in [3.8, 4) is 0 Å². The van der Waals surface area contributed by atoms with Gasteiger partial charge in [-0.3, -0.25) is 4.68 Å². The van der Waals surface area contributed by atoms with Gasteiger partial charge in [0, 0.05) is 44.3 Å². The Kier molecular flexibility index (Phi) is 4.77. The van der Waals surface area contributed by atoms with Gasteiger partial charge in [0.15, 0.2) is 11.2 Å². The summed E-state index contributed by atoms with van der Waals surface area (Å²) in [5.74, 6) is 0. The molecule has 0 amide bonds. The number of nitrogens with one attached hydrogen (secondary N) is 1. The van der Waals surface area contributed by atoms with Crippen molar-refractivity contribution in [3.63, 3.8) is 0 Å². The molecule has 27 heavy (non-hydrogen) atoms. The van der Waals surface area contributed by atoms with E-state index in [1.807, 2.05) is 20.2 Å². The molecule has 2 aromatic heterocycles. The number of hydrogen-bond donors (Lipinski definition) is 3. The van der Waals surface area contributed by atoms with E-state index in [9.17, 15) is 10.2 Å². The number of aliphatic hydroxyl groups is 2. The third-order valence-corrected chi connectivity index (χ3v) is 5.74. The molecule has 2 aromatic rings. The maximum atomic E-state index is 9.78. The van der Waals surface area contributed by atoms with E-state index in [0.717, 1.165) is 46.5 Å². The number of aryl methyl sites for hydroxylation is 2. The van der Waals surface area contributed by atoms with Crippen LogP contribution in [0.3, 0.4) is 0 Å². The number of anilines is 1. The van der Waals surface area contributed by atoms with Gasteiger partial charge in [0.1, 0.15) is 0 Å². The van der Waals surface area contributed by atoms with Crippen LogP contribution >= 0.6 is 0 Å². The Morgan fingerprint density at radius 1 is 1.33 bits per heavy atom. The van der Waals surface area contributed by atoms with Gasteiger partial charge < -0.3 is 20.4 Å². The number of hydrogen-bond acceptors (Lipinski definition) is 7. The van der Waals surface area contributed by atoms with Crippen molar-refractivity contribution >= 4 is 22.4 Å². The van der Waals surface area contributed by atoms with E-state index in [1.54, 1.807) is 4.68 Å². The fraction of sp³-hybridized carbons (Fsp3) is 0.632. The first-order valence-corrected chi connectivity index (χ1v) is 9.63. The first-order valence-electron chi connectivity index (χ1n) is 9.63. The minimum absolute atomic E-state index is 0.0600. The van der Waals surface area contributed by atoms with Crippen molar-refractivity contribution in [3.05, 3.63) is 17.5 Å². The Labute approximate surface area is 158 Å². The van der Waals surface area contributed by atoms with Crippen LogP contribution in [-0.2, 0) is 11.9 Å². The van der Waals surface area contributed by atoms with E-state index in [4.69, 9.17) is 4.84 Å². The lowest BCUT2D eigenvalue weighted by Crippen LogP contribution is -2.35. The number of aliphatic hydroxyl groups excluding tert-OH is 2. The van der Waals surface area contributed by atoms with Gasteiger partial charge >= 0.3 is 0 Å². The van der Waals surface area contributed by atoms with Crippen LogP contribution in [0.25, 0.3) is 11.0 Å². The van der Waals surface area contributed by atoms with Gasteiger partial charge in [0.05, 0.1) is 29.1 Å². The average Bonchev–Trinajstić information content (AvgIpc) is 3.37. The summed E-state index contributed by atoms with van der Waals surface area (Å²) in [6.07, 6.45) is 7.37. The maximum absolute atomic E-state index is 9.78. The number of fused-ring (bicyclic) bond motifs is 1. The summed E-state index contributed by atoms with van der Waals surface area (Å²) in [4.78, 5) is 10.2.